The number of nitrogens with zero attached hydrogens (tertiary/aromatic N) is 2. The molecule has 4 N–H and O–H groups in total. The van der Waals surface area contributed by atoms with Gasteiger partial charge < -0.3 is 21.3 Å². The Balaban J connectivity index is 1.69. The lowest BCUT2D eigenvalue weighted by Crippen LogP contribution is -2.43. The summed E-state index contributed by atoms with van der Waals surface area (Å²) in [6, 6.07) is 0.275. The van der Waals surface area contributed by atoms with Gasteiger partial charge in [-0.1, -0.05) is 11.3 Å². The number of amides is 1. The van der Waals surface area contributed by atoms with Crippen molar-refractivity contribution in [3.05, 3.63) is 4.88 Å². The molecule has 0 saturated carbocycles. The Labute approximate surface area is 126 Å². The summed E-state index contributed by atoms with van der Waals surface area (Å²) in [5, 5.41) is 7.21. The molecule has 2 fully saturated rings. The average molecular weight is 313 g/mol. The SMILES string of the molecule is Nc1nc(N2CCNCC2)sc1C(=O)NC1CCSC1. The van der Waals surface area contributed by atoms with Gasteiger partial charge >= 0.3 is 0 Å². The largest absolute Gasteiger partial charge is 0.382 e. The summed E-state index contributed by atoms with van der Waals surface area (Å²) in [6.07, 6.45) is 1.04. The van der Waals surface area contributed by atoms with Crippen molar-refractivity contribution >= 4 is 40.0 Å². The van der Waals surface area contributed by atoms with Gasteiger partial charge in [-0.15, -0.1) is 0 Å². The first-order chi connectivity index (χ1) is 9.74. The summed E-state index contributed by atoms with van der Waals surface area (Å²) in [5.41, 5.74) is 5.91. The zero-order valence-corrected chi connectivity index (χ0v) is 12.9. The third kappa shape index (κ3) is 3.02. The zero-order valence-electron chi connectivity index (χ0n) is 11.2. The Bertz CT molecular complexity index is 480. The standard InChI is InChI=1S/C12H19N5OS2/c13-10-9(11(18)15-8-1-6-19-7-8)20-12(16-10)17-4-2-14-3-5-17/h8,14H,1-7,13H2,(H,15,18). The molecule has 2 saturated heterocycles. The minimum absolute atomic E-state index is 0.0751. The maximum atomic E-state index is 12.3. The monoisotopic (exact) mass is 313 g/mol. The fourth-order valence-electron chi connectivity index (χ4n) is 2.37. The van der Waals surface area contributed by atoms with E-state index < -0.39 is 0 Å². The van der Waals surface area contributed by atoms with E-state index >= 15 is 0 Å². The lowest BCUT2D eigenvalue weighted by Gasteiger charge is -2.26. The summed E-state index contributed by atoms with van der Waals surface area (Å²) in [6.45, 7) is 3.71. The van der Waals surface area contributed by atoms with E-state index in [4.69, 9.17) is 5.73 Å². The minimum atomic E-state index is -0.0751. The molecule has 2 aliphatic heterocycles. The number of piperazine rings is 1. The molecule has 2 aliphatic rings. The molecule has 3 heterocycles. The Morgan fingerprint density at radius 3 is 2.95 bits per heavy atom. The van der Waals surface area contributed by atoms with Crippen molar-refractivity contribution in [2.24, 2.45) is 0 Å². The normalized spacial score (nSPS) is 23.0. The van der Waals surface area contributed by atoms with Crippen LogP contribution in [-0.2, 0) is 0 Å². The zero-order chi connectivity index (χ0) is 13.9. The van der Waals surface area contributed by atoms with Crippen LogP contribution < -0.4 is 21.3 Å². The lowest BCUT2D eigenvalue weighted by atomic mass is 10.2. The molecule has 20 heavy (non-hydrogen) atoms. The van der Waals surface area contributed by atoms with Gasteiger partial charge in [-0.3, -0.25) is 4.79 Å². The van der Waals surface area contributed by atoms with Crippen molar-refractivity contribution in [2.75, 3.05) is 48.3 Å². The molecule has 110 valence electrons. The van der Waals surface area contributed by atoms with Crippen molar-refractivity contribution in [1.29, 1.82) is 0 Å². The Morgan fingerprint density at radius 1 is 1.45 bits per heavy atom. The fraction of sp³-hybridized carbons (Fsp3) is 0.667. The van der Waals surface area contributed by atoms with Crippen LogP contribution in [0.4, 0.5) is 10.9 Å². The average Bonchev–Trinajstić information content (AvgIpc) is 3.09. The highest BCUT2D eigenvalue weighted by molar-refractivity contribution is 7.99. The molecule has 1 atom stereocenters. The summed E-state index contributed by atoms with van der Waals surface area (Å²) in [5.74, 6) is 2.39. The number of nitrogens with one attached hydrogen (secondary N) is 2. The predicted molar refractivity (Wildman–Crippen MR) is 84.8 cm³/mol. The third-order valence-corrected chi connectivity index (χ3v) is 5.79. The number of nitrogen functional groups attached to an aromatic ring is 1. The van der Waals surface area contributed by atoms with Gasteiger partial charge in [0.05, 0.1) is 0 Å². The van der Waals surface area contributed by atoms with E-state index in [0.29, 0.717) is 10.7 Å². The minimum Gasteiger partial charge on any atom is -0.382 e. The quantitative estimate of drug-likeness (QED) is 0.748. The van der Waals surface area contributed by atoms with E-state index in [9.17, 15) is 4.79 Å². The van der Waals surface area contributed by atoms with Gasteiger partial charge in [0.1, 0.15) is 10.7 Å². The second-order valence-corrected chi connectivity index (χ2v) is 7.11. The molecule has 1 aromatic heterocycles. The Morgan fingerprint density at radius 2 is 2.25 bits per heavy atom. The highest BCUT2D eigenvalue weighted by Crippen LogP contribution is 2.28. The highest BCUT2D eigenvalue weighted by atomic mass is 32.2. The molecular weight excluding hydrogens is 294 g/mol. The predicted octanol–water partition coefficient (Wildman–Crippen LogP) is 0.370. The van der Waals surface area contributed by atoms with Gasteiger partial charge in [-0.25, -0.2) is 4.98 Å². The molecule has 8 heteroatoms. The van der Waals surface area contributed by atoms with Crippen molar-refractivity contribution in [3.8, 4) is 0 Å². The number of rotatable bonds is 3. The van der Waals surface area contributed by atoms with Crippen molar-refractivity contribution in [2.45, 2.75) is 12.5 Å². The van der Waals surface area contributed by atoms with Crippen molar-refractivity contribution in [3.63, 3.8) is 0 Å². The second-order valence-electron chi connectivity index (χ2n) is 4.98. The molecule has 6 nitrogen and oxygen atoms in total. The second kappa shape index (κ2) is 6.19. The Kier molecular flexibility index (Phi) is 4.32. The van der Waals surface area contributed by atoms with Crippen LogP contribution in [0.25, 0.3) is 0 Å². The van der Waals surface area contributed by atoms with Crippen LogP contribution in [0.1, 0.15) is 16.1 Å². The first kappa shape index (κ1) is 14.0. The van der Waals surface area contributed by atoms with E-state index in [2.05, 4.69) is 20.5 Å². The number of hydrogen-bond donors (Lipinski definition) is 3. The van der Waals surface area contributed by atoms with E-state index in [1.807, 2.05) is 11.8 Å². The van der Waals surface area contributed by atoms with Crippen LogP contribution in [0, 0.1) is 0 Å². The first-order valence-corrected chi connectivity index (χ1v) is 8.82. The van der Waals surface area contributed by atoms with E-state index in [-0.39, 0.29) is 11.9 Å². The lowest BCUT2D eigenvalue weighted by molar-refractivity contribution is 0.0946. The fourth-order valence-corrected chi connectivity index (χ4v) is 4.47. The number of nitrogens with two attached hydrogens (primary N) is 1. The molecule has 1 aromatic rings. The van der Waals surface area contributed by atoms with Gasteiger partial charge in [0, 0.05) is 38.0 Å². The summed E-state index contributed by atoms with van der Waals surface area (Å²) in [7, 11) is 0. The van der Waals surface area contributed by atoms with Crippen molar-refractivity contribution in [1.82, 2.24) is 15.6 Å². The van der Waals surface area contributed by atoms with Gasteiger partial charge in [-0.2, -0.15) is 11.8 Å². The van der Waals surface area contributed by atoms with Gasteiger partial charge in [-0.05, 0) is 12.2 Å². The number of carbonyl (C=O) groups excluding carboxylic acids is 1. The van der Waals surface area contributed by atoms with E-state index in [0.717, 1.165) is 49.2 Å². The highest BCUT2D eigenvalue weighted by Gasteiger charge is 2.24. The number of carbonyl (C=O) groups is 1. The molecule has 0 aromatic carbocycles. The summed E-state index contributed by atoms with van der Waals surface area (Å²) >= 11 is 3.28. The summed E-state index contributed by atoms with van der Waals surface area (Å²) in [4.78, 5) is 19.3. The molecular formula is C12H19N5OS2. The molecule has 0 spiro atoms. The van der Waals surface area contributed by atoms with Crippen LogP contribution in [-0.4, -0.2) is 54.6 Å². The molecule has 0 aliphatic carbocycles. The molecule has 0 bridgehead atoms. The smallest absolute Gasteiger partial charge is 0.265 e. The molecule has 1 unspecified atom stereocenters. The van der Waals surface area contributed by atoms with Crippen LogP contribution in [0.5, 0.6) is 0 Å². The number of hydrogen-bond acceptors (Lipinski definition) is 7. The van der Waals surface area contributed by atoms with E-state index in [1.54, 1.807) is 0 Å². The van der Waals surface area contributed by atoms with Crippen LogP contribution >= 0.6 is 23.1 Å². The van der Waals surface area contributed by atoms with Crippen LogP contribution in [0.15, 0.2) is 0 Å². The van der Waals surface area contributed by atoms with Crippen LogP contribution in [0.3, 0.4) is 0 Å². The van der Waals surface area contributed by atoms with Gasteiger partial charge in [0.15, 0.2) is 5.13 Å². The number of anilines is 2. The number of thioether (sulfide) groups is 1. The molecule has 3 rings (SSSR count). The number of aromatic nitrogens is 1. The maximum Gasteiger partial charge on any atom is 0.265 e. The number of thiazole rings is 1. The van der Waals surface area contributed by atoms with Gasteiger partial charge in [0.25, 0.3) is 5.91 Å². The first-order valence-electron chi connectivity index (χ1n) is 6.84. The Hall–Kier alpha value is -0.990. The topological polar surface area (TPSA) is 83.3 Å². The van der Waals surface area contributed by atoms with Gasteiger partial charge in [0.2, 0.25) is 0 Å². The molecule has 0 radical (unpaired) electrons. The van der Waals surface area contributed by atoms with Crippen LogP contribution in [0.2, 0.25) is 0 Å². The molecule has 1 amide bonds. The van der Waals surface area contributed by atoms with Crippen molar-refractivity contribution < 1.29 is 4.79 Å². The van der Waals surface area contributed by atoms with E-state index in [1.165, 1.54) is 11.3 Å². The summed E-state index contributed by atoms with van der Waals surface area (Å²) < 4.78 is 0. The third-order valence-electron chi connectivity index (χ3n) is 3.50. The maximum absolute atomic E-state index is 12.3.